The van der Waals surface area contributed by atoms with Crippen molar-refractivity contribution in [1.29, 1.82) is 0 Å². The number of hydrogen-bond acceptors (Lipinski definition) is 8. The molecule has 1 fully saturated rings. The molecule has 0 atom stereocenters. The number of amides is 2. The summed E-state index contributed by atoms with van der Waals surface area (Å²) in [5.41, 5.74) is 6.65. The third kappa shape index (κ3) is 4.82. The van der Waals surface area contributed by atoms with Gasteiger partial charge in [0.25, 0.3) is 11.8 Å². The van der Waals surface area contributed by atoms with E-state index < -0.39 is 17.5 Å². The summed E-state index contributed by atoms with van der Waals surface area (Å²) in [6, 6.07) is 3.06. The highest BCUT2D eigenvalue weighted by molar-refractivity contribution is 7.10. The number of benzene rings is 1. The fraction of sp³-hybridized carbons (Fsp3) is 0.211. The van der Waals surface area contributed by atoms with Crippen LogP contribution in [-0.4, -0.2) is 50.2 Å². The number of aromatic nitrogens is 3. The third-order valence-electron chi connectivity index (χ3n) is 4.58. The molecule has 32 heavy (non-hydrogen) atoms. The fourth-order valence-electron chi connectivity index (χ4n) is 2.95. The number of hydrogen-bond donors (Lipinski definition) is 3. The first-order valence-electron chi connectivity index (χ1n) is 9.18. The Balaban J connectivity index is 0.00000289. The van der Waals surface area contributed by atoms with Crippen molar-refractivity contribution < 1.29 is 18.4 Å². The van der Waals surface area contributed by atoms with Gasteiger partial charge < -0.3 is 21.3 Å². The molecule has 2 aromatic heterocycles. The molecule has 1 aliphatic rings. The van der Waals surface area contributed by atoms with Crippen molar-refractivity contribution in [2.75, 3.05) is 23.7 Å². The maximum atomic E-state index is 13.4. The molecule has 1 aliphatic heterocycles. The van der Waals surface area contributed by atoms with Crippen molar-refractivity contribution >= 4 is 52.3 Å². The van der Waals surface area contributed by atoms with Gasteiger partial charge in [-0.25, -0.2) is 18.7 Å². The minimum Gasteiger partial charge on any atom is -0.334 e. The van der Waals surface area contributed by atoms with E-state index in [1.165, 1.54) is 18.5 Å². The average Bonchev–Trinajstić information content (AvgIpc) is 3.08. The largest absolute Gasteiger partial charge is 0.334 e. The van der Waals surface area contributed by atoms with Gasteiger partial charge in [-0.05, 0) is 30.6 Å². The zero-order valence-corrected chi connectivity index (χ0v) is 18.3. The molecule has 0 unspecified atom stereocenters. The lowest BCUT2D eigenvalue weighted by Gasteiger charge is -2.36. The number of halogens is 3. The number of anilines is 3. The van der Waals surface area contributed by atoms with Gasteiger partial charge in [0.15, 0.2) is 11.6 Å². The summed E-state index contributed by atoms with van der Waals surface area (Å²) in [4.78, 5) is 34.8. The molecular weight excluding hydrogens is 464 g/mol. The molecule has 0 spiro atoms. The molecule has 4 rings (SSSR count). The van der Waals surface area contributed by atoms with Crippen molar-refractivity contribution in [1.82, 2.24) is 19.2 Å². The van der Waals surface area contributed by atoms with Gasteiger partial charge in [0.2, 0.25) is 0 Å². The number of likely N-dealkylation sites (tertiary alicyclic amines) is 1. The summed E-state index contributed by atoms with van der Waals surface area (Å²) in [6.45, 7) is 2.61. The Morgan fingerprint density at radius 3 is 2.56 bits per heavy atom. The van der Waals surface area contributed by atoms with E-state index in [1.807, 2.05) is 0 Å². The first kappa shape index (κ1) is 23.4. The standard InChI is InChI=1S/C19H17F2N7O2S.ClH/c1-9-16(17(29)25-11-2-3-12(20)13(21)4-11)18(31-27-9)26-15-6-23-14(5-24-15)19(30)28-7-10(22)8-28;/h2-6,10H,7-8,22H2,1H3,(H,24,26)(H,25,29);1H. The third-order valence-corrected chi connectivity index (χ3v) is 5.43. The van der Waals surface area contributed by atoms with E-state index in [9.17, 15) is 18.4 Å². The molecule has 4 N–H and O–H groups in total. The minimum absolute atomic E-state index is 0. The van der Waals surface area contributed by atoms with Crippen LogP contribution >= 0.6 is 23.9 Å². The van der Waals surface area contributed by atoms with Gasteiger partial charge in [0.05, 0.1) is 23.7 Å². The summed E-state index contributed by atoms with van der Waals surface area (Å²) in [5.74, 6) is -2.57. The van der Waals surface area contributed by atoms with Gasteiger partial charge >= 0.3 is 0 Å². The highest BCUT2D eigenvalue weighted by Gasteiger charge is 2.29. The second-order valence-electron chi connectivity index (χ2n) is 6.94. The van der Waals surface area contributed by atoms with E-state index in [-0.39, 0.29) is 41.3 Å². The van der Waals surface area contributed by atoms with Crippen LogP contribution in [0.15, 0.2) is 30.6 Å². The number of carbonyl (C=O) groups is 2. The molecule has 168 valence electrons. The Hall–Kier alpha value is -3.22. The Kier molecular flexibility index (Phi) is 6.96. The average molecular weight is 482 g/mol. The van der Waals surface area contributed by atoms with Crippen LogP contribution < -0.4 is 16.4 Å². The first-order chi connectivity index (χ1) is 14.8. The van der Waals surface area contributed by atoms with Gasteiger partial charge in [0, 0.05) is 30.9 Å². The Labute approximate surface area is 191 Å². The molecule has 0 aliphatic carbocycles. The zero-order valence-electron chi connectivity index (χ0n) is 16.6. The number of carbonyl (C=O) groups excluding carboxylic acids is 2. The lowest BCUT2D eigenvalue weighted by molar-refractivity contribution is 0.0601. The summed E-state index contributed by atoms with van der Waals surface area (Å²) in [6.07, 6.45) is 2.71. The summed E-state index contributed by atoms with van der Waals surface area (Å²) in [5, 5.41) is 5.86. The van der Waals surface area contributed by atoms with Crippen LogP contribution in [0.3, 0.4) is 0 Å². The zero-order chi connectivity index (χ0) is 22.1. The predicted molar refractivity (Wildman–Crippen MR) is 118 cm³/mol. The second-order valence-corrected chi connectivity index (χ2v) is 7.71. The van der Waals surface area contributed by atoms with Gasteiger partial charge in [-0.2, -0.15) is 4.37 Å². The Bertz CT molecular complexity index is 1150. The molecule has 2 amide bonds. The van der Waals surface area contributed by atoms with E-state index in [0.717, 1.165) is 23.7 Å². The highest BCUT2D eigenvalue weighted by atomic mass is 35.5. The van der Waals surface area contributed by atoms with E-state index in [4.69, 9.17) is 5.73 Å². The van der Waals surface area contributed by atoms with Crippen molar-refractivity contribution in [2.45, 2.75) is 13.0 Å². The van der Waals surface area contributed by atoms with E-state index >= 15 is 0 Å². The lowest BCUT2D eigenvalue weighted by Crippen LogP contribution is -2.57. The molecule has 0 bridgehead atoms. The van der Waals surface area contributed by atoms with Gasteiger partial charge in [0.1, 0.15) is 16.5 Å². The smallest absolute Gasteiger partial charge is 0.274 e. The monoisotopic (exact) mass is 481 g/mol. The van der Waals surface area contributed by atoms with Crippen LogP contribution in [0.1, 0.15) is 26.5 Å². The number of nitrogens with two attached hydrogens (primary N) is 1. The number of rotatable bonds is 5. The van der Waals surface area contributed by atoms with Crippen LogP contribution in [0.2, 0.25) is 0 Å². The lowest BCUT2D eigenvalue weighted by atomic mass is 10.1. The van der Waals surface area contributed by atoms with Crippen molar-refractivity contribution in [3.63, 3.8) is 0 Å². The van der Waals surface area contributed by atoms with E-state index in [2.05, 4.69) is 25.0 Å². The molecule has 0 radical (unpaired) electrons. The molecule has 1 saturated heterocycles. The van der Waals surface area contributed by atoms with E-state index in [0.29, 0.717) is 29.6 Å². The van der Waals surface area contributed by atoms with Gasteiger partial charge in [-0.3, -0.25) is 9.59 Å². The molecule has 1 aromatic carbocycles. The Morgan fingerprint density at radius 1 is 1.19 bits per heavy atom. The SMILES string of the molecule is Cc1nsc(Nc2cnc(C(=O)N3CC(N)C3)cn2)c1C(=O)Nc1ccc(F)c(F)c1.Cl. The normalized spacial score (nSPS) is 13.2. The van der Waals surface area contributed by atoms with Crippen molar-refractivity contribution in [2.24, 2.45) is 5.73 Å². The fourth-order valence-corrected chi connectivity index (χ4v) is 3.75. The van der Waals surface area contributed by atoms with Gasteiger partial charge in [-0.1, -0.05) is 0 Å². The summed E-state index contributed by atoms with van der Waals surface area (Å²) in [7, 11) is 0. The second kappa shape index (κ2) is 9.51. The number of nitrogens with one attached hydrogen (secondary N) is 2. The minimum atomic E-state index is -1.07. The first-order valence-corrected chi connectivity index (χ1v) is 9.95. The van der Waals surface area contributed by atoms with Crippen molar-refractivity contribution in [3.8, 4) is 0 Å². The highest BCUT2D eigenvalue weighted by Crippen LogP contribution is 2.28. The Morgan fingerprint density at radius 2 is 1.94 bits per heavy atom. The maximum absolute atomic E-state index is 13.4. The molecule has 0 saturated carbocycles. The van der Waals surface area contributed by atoms with Gasteiger partial charge in [-0.15, -0.1) is 12.4 Å². The quantitative estimate of drug-likeness (QED) is 0.511. The van der Waals surface area contributed by atoms with Crippen LogP contribution in [0.25, 0.3) is 0 Å². The number of aryl methyl sites for hydroxylation is 1. The molecule has 9 nitrogen and oxygen atoms in total. The molecule has 13 heteroatoms. The molecule has 3 heterocycles. The topological polar surface area (TPSA) is 126 Å². The molecule has 3 aromatic rings. The maximum Gasteiger partial charge on any atom is 0.274 e. The summed E-state index contributed by atoms with van der Waals surface area (Å²) >= 11 is 1.03. The van der Waals surface area contributed by atoms with Crippen LogP contribution in [0.4, 0.5) is 25.3 Å². The van der Waals surface area contributed by atoms with Crippen molar-refractivity contribution in [3.05, 3.63) is 59.2 Å². The van der Waals surface area contributed by atoms with E-state index in [1.54, 1.807) is 11.8 Å². The summed E-state index contributed by atoms with van der Waals surface area (Å²) < 4.78 is 30.7. The number of nitrogens with zero attached hydrogens (tertiary/aromatic N) is 4. The molecular formula is C19H18ClF2N7O2S. The van der Waals surface area contributed by atoms with Crippen LogP contribution in [0.5, 0.6) is 0 Å². The van der Waals surface area contributed by atoms with Crippen LogP contribution in [-0.2, 0) is 0 Å². The predicted octanol–water partition coefficient (Wildman–Crippen LogP) is 2.72. The van der Waals surface area contributed by atoms with Crippen LogP contribution in [0, 0.1) is 18.6 Å².